The van der Waals surface area contributed by atoms with Crippen molar-refractivity contribution >= 4 is 71.7 Å². The van der Waals surface area contributed by atoms with Crippen LogP contribution in [0.15, 0.2) is 43.4 Å². The van der Waals surface area contributed by atoms with Crippen LogP contribution in [-0.4, -0.2) is 37.7 Å². The normalized spacial score (nSPS) is 16.9. The summed E-state index contributed by atoms with van der Waals surface area (Å²) in [4.78, 5) is 27.3. The van der Waals surface area contributed by atoms with Gasteiger partial charge in [0.25, 0.3) is 21.8 Å². The predicted octanol–water partition coefficient (Wildman–Crippen LogP) is 2.20. The summed E-state index contributed by atoms with van der Waals surface area (Å²) in [5.74, 6) is -0.919. The molecule has 2 amide bonds. The number of carbonyl (C=O) groups is 2. The maximum absolute atomic E-state index is 12.3. The van der Waals surface area contributed by atoms with Gasteiger partial charge in [-0.3, -0.25) is 20.4 Å². The Labute approximate surface area is 171 Å². The molecular formula is C15H11BrN4O4S3. The molecule has 12 heteroatoms. The Balaban J connectivity index is 1.47. The van der Waals surface area contributed by atoms with Crippen molar-refractivity contribution in [2.24, 2.45) is 4.40 Å². The molecule has 0 saturated carbocycles. The van der Waals surface area contributed by atoms with Crippen LogP contribution in [0.2, 0.25) is 0 Å². The number of nitrogens with one attached hydrogen (secondary N) is 2. The SMILES string of the molecule is O=C(NNC(=O)c1ccc(Br)s1)c1ccc2c(c1)SC1=NS(=O)(=O)CCN12. The van der Waals surface area contributed by atoms with Crippen LogP contribution >= 0.6 is 39.0 Å². The summed E-state index contributed by atoms with van der Waals surface area (Å²) in [5, 5.41) is 0.394. The van der Waals surface area contributed by atoms with Gasteiger partial charge in [-0.1, -0.05) is 0 Å². The van der Waals surface area contributed by atoms with Gasteiger partial charge in [-0.2, -0.15) is 0 Å². The number of benzene rings is 1. The molecule has 4 rings (SSSR count). The number of amides is 2. The van der Waals surface area contributed by atoms with Crippen molar-refractivity contribution in [2.75, 3.05) is 17.2 Å². The van der Waals surface area contributed by atoms with E-state index < -0.39 is 21.8 Å². The molecule has 0 saturated heterocycles. The third-order valence-electron chi connectivity index (χ3n) is 3.82. The molecule has 27 heavy (non-hydrogen) atoms. The zero-order chi connectivity index (χ0) is 19.2. The number of amidine groups is 1. The average molecular weight is 487 g/mol. The van der Waals surface area contributed by atoms with Crippen molar-refractivity contribution in [3.05, 3.63) is 44.6 Å². The summed E-state index contributed by atoms with van der Waals surface area (Å²) >= 11 is 5.73. The Kier molecular flexibility index (Phi) is 4.74. The minimum absolute atomic E-state index is 0.0381. The number of sulfonamides is 1. The predicted molar refractivity (Wildman–Crippen MR) is 108 cm³/mol. The van der Waals surface area contributed by atoms with Gasteiger partial charge in [-0.15, -0.1) is 15.7 Å². The van der Waals surface area contributed by atoms with Gasteiger partial charge < -0.3 is 4.90 Å². The fourth-order valence-corrected chi connectivity index (χ4v) is 6.13. The first-order chi connectivity index (χ1) is 12.8. The molecule has 140 valence electrons. The van der Waals surface area contributed by atoms with Crippen molar-refractivity contribution in [3.63, 3.8) is 0 Å². The Morgan fingerprint density at radius 2 is 1.93 bits per heavy atom. The van der Waals surface area contributed by atoms with Gasteiger partial charge >= 0.3 is 0 Å². The molecule has 1 aromatic heterocycles. The van der Waals surface area contributed by atoms with Crippen molar-refractivity contribution < 1.29 is 18.0 Å². The van der Waals surface area contributed by atoms with Crippen molar-refractivity contribution in [1.82, 2.24) is 10.9 Å². The van der Waals surface area contributed by atoms with E-state index in [-0.39, 0.29) is 5.75 Å². The molecule has 1 aromatic carbocycles. The number of hydrazine groups is 1. The number of thioether (sulfide) groups is 1. The molecule has 2 N–H and O–H groups in total. The fraction of sp³-hybridized carbons (Fsp3) is 0.133. The Morgan fingerprint density at radius 1 is 1.15 bits per heavy atom. The third kappa shape index (κ3) is 3.74. The van der Waals surface area contributed by atoms with Gasteiger partial charge in [0.15, 0.2) is 5.17 Å². The summed E-state index contributed by atoms with van der Waals surface area (Å²) < 4.78 is 27.9. The van der Waals surface area contributed by atoms with E-state index in [0.717, 1.165) is 14.4 Å². The van der Waals surface area contributed by atoms with E-state index >= 15 is 0 Å². The van der Waals surface area contributed by atoms with Crippen LogP contribution in [0.5, 0.6) is 0 Å². The number of thiophene rings is 1. The number of fused-ring (bicyclic) bond motifs is 3. The van der Waals surface area contributed by atoms with Crippen LogP contribution in [0.4, 0.5) is 5.69 Å². The molecule has 8 nitrogen and oxygen atoms in total. The molecule has 0 bridgehead atoms. The standard InChI is InChI=1S/C15H11BrN4O4S3/c16-12-4-3-10(25-12)14(22)18-17-13(21)8-1-2-9-11(7-8)26-15-19-27(23,24)6-5-20(9)15/h1-4,7H,5-6H2,(H,17,21)(H,18,22). The third-order valence-corrected chi connectivity index (χ3v) is 7.75. The lowest BCUT2D eigenvalue weighted by Gasteiger charge is -2.22. The van der Waals surface area contributed by atoms with Crippen LogP contribution in [0.1, 0.15) is 20.0 Å². The van der Waals surface area contributed by atoms with Crippen molar-refractivity contribution in [1.29, 1.82) is 0 Å². The summed E-state index contributed by atoms with van der Waals surface area (Å²) in [6, 6.07) is 8.41. The van der Waals surface area contributed by atoms with Crippen LogP contribution in [0.25, 0.3) is 0 Å². The van der Waals surface area contributed by atoms with E-state index in [1.54, 1.807) is 30.3 Å². The molecule has 0 spiro atoms. The summed E-state index contributed by atoms with van der Waals surface area (Å²) in [7, 11) is -3.43. The smallest absolute Gasteiger partial charge is 0.279 e. The highest BCUT2D eigenvalue weighted by atomic mass is 79.9. The number of halogens is 1. The lowest BCUT2D eigenvalue weighted by Crippen LogP contribution is -2.41. The topological polar surface area (TPSA) is 108 Å². The second kappa shape index (κ2) is 6.93. The summed E-state index contributed by atoms with van der Waals surface area (Å²) in [6.07, 6.45) is 0. The summed E-state index contributed by atoms with van der Waals surface area (Å²) in [6.45, 7) is 0.332. The van der Waals surface area contributed by atoms with E-state index in [1.165, 1.54) is 23.1 Å². The molecule has 2 aliphatic heterocycles. The Bertz CT molecular complexity index is 1100. The monoisotopic (exact) mass is 486 g/mol. The van der Waals surface area contributed by atoms with Gasteiger partial charge in [0.05, 0.1) is 20.1 Å². The van der Waals surface area contributed by atoms with E-state index in [2.05, 4.69) is 31.2 Å². The van der Waals surface area contributed by atoms with Crippen LogP contribution in [-0.2, 0) is 10.0 Å². The second-order valence-electron chi connectivity index (χ2n) is 5.61. The largest absolute Gasteiger partial charge is 0.318 e. The van der Waals surface area contributed by atoms with Crippen LogP contribution in [0, 0.1) is 0 Å². The van der Waals surface area contributed by atoms with Gasteiger partial charge in [0.2, 0.25) is 0 Å². The maximum atomic E-state index is 12.3. The van der Waals surface area contributed by atoms with E-state index in [9.17, 15) is 18.0 Å². The molecule has 0 radical (unpaired) electrons. The zero-order valence-electron chi connectivity index (χ0n) is 13.4. The number of rotatable bonds is 2. The minimum atomic E-state index is -3.43. The Hall–Kier alpha value is -1.89. The number of anilines is 1. The molecule has 2 aliphatic rings. The highest BCUT2D eigenvalue weighted by molar-refractivity contribution is 9.11. The molecule has 0 unspecified atom stereocenters. The molecule has 0 atom stereocenters. The number of hydrogen-bond acceptors (Lipinski definition) is 7. The van der Waals surface area contributed by atoms with E-state index in [1.807, 2.05) is 4.90 Å². The van der Waals surface area contributed by atoms with Gasteiger partial charge in [-0.25, -0.2) is 8.42 Å². The molecule has 0 fully saturated rings. The lowest BCUT2D eigenvalue weighted by molar-refractivity contribution is 0.0849. The van der Waals surface area contributed by atoms with E-state index in [4.69, 9.17) is 0 Å². The quantitative estimate of drug-likeness (QED) is 0.629. The van der Waals surface area contributed by atoms with Gasteiger partial charge in [-0.05, 0) is 58.0 Å². The van der Waals surface area contributed by atoms with Crippen molar-refractivity contribution in [3.8, 4) is 0 Å². The summed E-state index contributed by atoms with van der Waals surface area (Å²) in [5.41, 5.74) is 5.91. The van der Waals surface area contributed by atoms with Crippen molar-refractivity contribution in [2.45, 2.75) is 4.90 Å². The number of nitrogens with zero attached hydrogens (tertiary/aromatic N) is 2. The van der Waals surface area contributed by atoms with Gasteiger partial charge in [0, 0.05) is 17.0 Å². The number of hydrogen-bond donors (Lipinski definition) is 2. The number of carbonyl (C=O) groups excluding carboxylic acids is 2. The highest BCUT2D eigenvalue weighted by Crippen LogP contribution is 2.42. The first-order valence-electron chi connectivity index (χ1n) is 7.60. The average Bonchev–Trinajstić information content (AvgIpc) is 3.20. The lowest BCUT2D eigenvalue weighted by atomic mass is 10.2. The first-order valence-corrected chi connectivity index (χ1v) is 11.6. The molecule has 2 aromatic rings. The Morgan fingerprint density at radius 3 is 2.67 bits per heavy atom. The van der Waals surface area contributed by atoms with Crippen LogP contribution < -0.4 is 15.8 Å². The van der Waals surface area contributed by atoms with Gasteiger partial charge in [0.1, 0.15) is 0 Å². The molecular weight excluding hydrogens is 476 g/mol. The zero-order valence-corrected chi connectivity index (χ0v) is 17.5. The minimum Gasteiger partial charge on any atom is -0.318 e. The van der Waals surface area contributed by atoms with Crippen LogP contribution in [0.3, 0.4) is 0 Å². The molecule has 3 heterocycles. The molecule has 0 aliphatic carbocycles. The second-order valence-corrected chi connectivity index (χ2v) is 10.8. The fourth-order valence-electron chi connectivity index (χ4n) is 2.56. The maximum Gasteiger partial charge on any atom is 0.279 e. The first kappa shape index (κ1) is 18.5. The highest BCUT2D eigenvalue weighted by Gasteiger charge is 2.33. The van der Waals surface area contributed by atoms with E-state index in [0.29, 0.717) is 22.2 Å².